The van der Waals surface area contributed by atoms with Gasteiger partial charge in [-0.05, 0) is 49.3 Å². The van der Waals surface area contributed by atoms with Crippen LogP contribution < -0.4 is 38.5 Å². The lowest BCUT2D eigenvalue weighted by atomic mass is 9.86. The summed E-state index contributed by atoms with van der Waals surface area (Å²) >= 11 is 0. The van der Waals surface area contributed by atoms with E-state index in [-0.39, 0.29) is 50.7 Å². The third-order valence-electron chi connectivity index (χ3n) is 12.1. The van der Waals surface area contributed by atoms with Gasteiger partial charge in [-0.25, -0.2) is 0 Å². The molecule has 1 aliphatic heterocycles. The molecule has 21 nitrogen and oxygen atoms in total. The number of phenols is 1. The zero-order valence-electron chi connectivity index (χ0n) is 38.7. The maximum atomic E-state index is 14.4. The van der Waals surface area contributed by atoms with Crippen LogP contribution in [0, 0.1) is 29.1 Å². The van der Waals surface area contributed by atoms with Crippen LogP contribution in [0.1, 0.15) is 110 Å². The van der Waals surface area contributed by atoms with E-state index >= 15 is 0 Å². The van der Waals surface area contributed by atoms with Gasteiger partial charge in [0.25, 0.3) is 0 Å². The minimum Gasteiger partial charge on any atom is -0.508 e. The molecule has 0 unspecified atom stereocenters. The van der Waals surface area contributed by atoms with Crippen LogP contribution in [0.25, 0.3) is 0 Å². The number of primary amides is 3. The SMILES string of the molecule is CC[C@H](C)[C@@H]1NC(=O)[C@H](Cc2ccc(O)cc2)CC(=O)CCC(=O)NC[C@@H](C(=O)N(CC(=O)CC(C)(C)C(=O)NCC(N)=O)C2CC2)CC(=O)[C@H](CC(N)=O)NC(=O)[C@H](CCC(N)=O)CC1=O. The van der Waals surface area contributed by atoms with Crippen molar-refractivity contribution >= 4 is 70.4 Å². The van der Waals surface area contributed by atoms with Crippen molar-refractivity contribution in [3.63, 3.8) is 0 Å². The molecule has 6 atom stereocenters. The maximum absolute atomic E-state index is 14.4. The third kappa shape index (κ3) is 18.3. The molecule has 67 heavy (non-hydrogen) atoms. The normalized spacial score (nSPS) is 22.3. The van der Waals surface area contributed by atoms with Crippen LogP contribution in [0.4, 0.5) is 0 Å². The molecule has 2 fully saturated rings. The topological polar surface area (TPSA) is 354 Å². The van der Waals surface area contributed by atoms with Crippen molar-refractivity contribution in [2.45, 2.75) is 129 Å². The summed E-state index contributed by atoms with van der Waals surface area (Å²) in [5, 5.41) is 20.0. The van der Waals surface area contributed by atoms with Crippen molar-refractivity contribution in [1.82, 2.24) is 26.2 Å². The van der Waals surface area contributed by atoms with E-state index in [0.29, 0.717) is 24.8 Å². The average molecular weight is 939 g/mol. The molecule has 11 N–H and O–H groups in total. The van der Waals surface area contributed by atoms with E-state index in [9.17, 15) is 62.6 Å². The highest BCUT2D eigenvalue weighted by molar-refractivity contribution is 5.99. The van der Waals surface area contributed by atoms with Crippen LogP contribution in [0.5, 0.6) is 5.75 Å². The Morgan fingerprint density at radius 2 is 1.48 bits per heavy atom. The summed E-state index contributed by atoms with van der Waals surface area (Å²) in [4.78, 5) is 161. The van der Waals surface area contributed by atoms with E-state index in [1.54, 1.807) is 26.0 Å². The number of nitrogens with one attached hydrogen (secondary N) is 4. The monoisotopic (exact) mass is 938 g/mol. The summed E-state index contributed by atoms with van der Waals surface area (Å²) in [6.07, 6.45) is -2.68. The number of carbonyl (C=O) groups is 12. The van der Waals surface area contributed by atoms with E-state index in [1.165, 1.54) is 30.9 Å². The Labute approximate surface area is 389 Å². The molecule has 1 aromatic rings. The van der Waals surface area contributed by atoms with Crippen LogP contribution >= 0.6 is 0 Å². The molecule has 1 saturated heterocycles. The summed E-state index contributed by atoms with van der Waals surface area (Å²) in [5.74, 6) is -13.1. The van der Waals surface area contributed by atoms with Crippen molar-refractivity contribution < 1.29 is 62.6 Å². The first kappa shape index (κ1) is 54.8. The summed E-state index contributed by atoms with van der Waals surface area (Å²) in [6, 6.07) is 2.67. The Bertz CT molecular complexity index is 2050. The van der Waals surface area contributed by atoms with Crippen molar-refractivity contribution in [3.8, 4) is 5.75 Å². The number of hydrogen-bond donors (Lipinski definition) is 8. The summed E-state index contributed by atoms with van der Waals surface area (Å²) < 4.78 is 0. The zero-order valence-corrected chi connectivity index (χ0v) is 38.7. The highest BCUT2D eigenvalue weighted by Gasteiger charge is 2.41. The highest BCUT2D eigenvalue weighted by atomic mass is 16.3. The minimum absolute atomic E-state index is 0.00810. The second kappa shape index (κ2) is 25.4. The Morgan fingerprint density at radius 3 is 2.06 bits per heavy atom. The largest absolute Gasteiger partial charge is 0.508 e. The number of hydrogen-bond acceptors (Lipinski definition) is 13. The predicted molar refractivity (Wildman–Crippen MR) is 239 cm³/mol. The van der Waals surface area contributed by atoms with Crippen molar-refractivity contribution in [2.24, 2.45) is 46.3 Å². The fourth-order valence-electron chi connectivity index (χ4n) is 7.79. The lowest BCUT2D eigenvalue weighted by Crippen LogP contribution is -2.51. The van der Waals surface area contributed by atoms with E-state index in [4.69, 9.17) is 17.2 Å². The molecule has 0 radical (unpaired) electrons. The van der Waals surface area contributed by atoms with Crippen LogP contribution in [0.2, 0.25) is 0 Å². The molecule has 21 heteroatoms. The number of benzene rings is 1. The fraction of sp³-hybridized carbons (Fsp3) is 0.609. The smallest absolute Gasteiger partial charge is 0.236 e. The summed E-state index contributed by atoms with van der Waals surface area (Å²) in [6.45, 7) is 4.97. The Hall–Kier alpha value is -6.54. The standard InChI is InChI=1S/C46H66N8O13/c1-5-25(2)41-36(59)18-27(8-14-37(47)60)42(64)52-34(20-38(48)61)35(58)19-29(44(66)54(30-9-10-30)24-33(57)21-46(3,4)45(67)51-23-39(49)62)22-50-40(63)15-13-32(56)17-28(43(65)53-41)16-26-6-11-31(55)12-7-26/h6-7,11-12,25,27-30,34,41,55H,5,8-10,13-24H2,1-4H3,(H2,47,60)(H2,48,61)(H2,49,62)(H,50,63)(H,51,67)(H,52,64)(H,53,65)/t25-,27+,28+,29-,34-,41-/m0/s1. The molecule has 0 bridgehead atoms. The second-order valence-corrected chi connectivity index (χ2v) is 18.4. The average Bonchev–Trinajstić information content (AvgIpc) is 4.10. The number of phenolic OH excluding ortho intramolecular Hbond substituents is 1. The van der Waals surface area contributed by atoms with Gasteiger partial charge in [0.2, 0.25) is 47.3 Å². The molecular weight excluding hydrogens is 873 g/mol. The van der Waals surface area contributed by atoms with Gasteiger partial charge in [-0.1, -0.05) is 46.2 Å². The number of Topliss-reactive ketones (excluding diaryl/α,β-unsaturated/α-hetero) is 4. The molecule has 8 amide bonds. The number of nitrogens with zero attached hydrogens (tertiary/aromatic N) is 1. The van der Waals surface area contributed by atoms with Gasteiger partial charge in [-0.15, -0.1) is 0 Å². The second-order valence-electron chi connectivity index (χ2n) is 18.4. The molecule has 2 aliphatic rings. The lowest BCUT2D eigenvalue weighted by molar-refractivity contribution is -0.143. The number of carbonyl (C=O) groups excluding carboxylic acids is 12. The molecule has 1 aliphatic carbocycles. The van der Waals surface area contributed by atoms with Gasteiger partial charge in [-0.3, -0.25) is 57.5 Å². The third-order valence-corrected chi connectivity index (χ3v) is 12.1. The Kier molecular flexibility index (Phi) is 20.8. The quantitative estimate of drug-likeness (QED) is 0.0905. The first-order valence-corrected chi connectivity index (χ1v) is 22.6. The molecule has 0 spiro atoms. The van der Waals surface area contributed by atoms with E-state index in [0.717, 1.165) is 0 Å². The Morgan fingerprint density at radius 1 is 0.836 bits per heavy atom. The Balaban J connectivity index is 2.05. The van der Waals surface area contributed by atoms with Crippen LogP contribution in [-0.2, 0) is 64.0 Å². The van der Waals surface area contributed by atoms with Crippen molar-refractivity contribution in [3.05, 3.63) is 29.8 Å². The molecular formula is C46H66N8O13. The van der Waals surface area contributed by atoms with Gasteiger partial charge in [-0.2, -0.15) is 0 Å². The van der Waals surface area contributed by atoms with Crippen molar-refractivity contribution in [1.29, 1.82) is 0 Å². The number of ketones is 4. The predicted octanol–water partition coefficient (Wildman–Crippen LogP) is -0.695. The van der Waals surface area contributed by atoms with Crippen molar-refractivity contribution in [2.75, 3.05) is 19.6 Å². The van der Waals surface area contributed by atoms with Crippen LogP contribution in [-0.4, -0.2) is 118 Å². The maximum Gasteiger partial charge on any atom is 0.236 e. The van der Waals surface area contributed by atoms with Crippen LogP contribution in [0.15, 0.2) is 24.3 Å². The van der Waals surface area contributed by atoms with Gasteiger partial charge in [0.1, 0.15) is 11.5 Å². The van der Waals surface area contributed by atoms with Gasteiger partial charge in [0.05, 0.1) is 42.9 Å². The molecule has 0 aromatic heterocycles. The molecule has 1 aromatic carbocycles. The fourth-order valence-corrected chi connectivity index (χ4v) is 7.79. The van der Waals surface area contributed by atoms with Gasteiger partial charge >= 0.3 is 0 Å². The molecule has 3 rings (SSSR count). The van der Waals surface area contributed by atoms with Gasteiger partial charge in [0.15, 0.2) is 17.3 Å². The number of aromatic hydroxyl groups is 1. The summed E-state index contributed by atoms with van der Waals surface area (Å²) in [5.41, 5.74) is 15.3. The lowest BCUT2D eigenvalue weighted by Gasteiger charge is -2.30. The summed E-state index contributed by atoms with van der Waals surface area (Å²) in [7, 11) is 0. The first-order valence-electron chi connectivity index (χ1n) is 22.6. The van der Waals surface area contributed by atoms with Gasteiger partial charge in [0, 0.05) is 69.4 Å². The number of nitrogens with two attached hydrogens (primary N) is 3. The van der Waals surface area contributed by atoms with E-state index < -0.39 is 156 Å². The highest BCUT2D eigenvalue weighted by Crippen LogP contribution is 2.30. The number of amides is 8. The number of rotatable bonds is 18. The molecule has 1 heterocycles. The molecule has 368 valence electrons. The van der Waals surface area contributed by atoms with Gasteiger partial charge < -0.3 is 48.5 Å². The van der Waals surface area contributed by atoms with E-state index in [1.807, 2.05) is 0 Å². The van der Waals surface area contributed by atoms with E-state index in [2.05, 4.69) is 21.3 Å². The zero-order chi connectivity index (χ0) is 50.2. The first-order chi connectivity index (χ1) is 31.4. The van der Waals surface area contributed by atoms with Crippen LogP contribution in [0.3, 0.4) is 0 Å². The molecule has 1 saturated carbocycles. The minimum atomic E-state index is -1.66.